The summed E-state index contributed by atoms with van der Waals surface area (Å²) in [7, 11) is 1.46. The zero-order chi connectivity index (χ0) is 10.8. The van der Waals surface area contributed by atoms with Crippen LogP contribution in [0.1, 0.15) is 16.4 Å². The van der Waals surface area contributed by atoms with Crippen LogP contribution in [0.4, 0.5) is 0 Å². The largest absolute Gasteiger partial charge is 0.469 e. The normalized spacial score (nSPS) is 25.5. The number of rotatable bonds is 2. The highest BCUT2D eigenvalue weighted by Gasteiger charge is 2.35. The number of hydrogen-bond donors (Lipinski definition) is 1. The monoisotopic (exact) mass is 225 g/mol. The van der Waals surface area contributed by atoms with Crippen LogP contribution in [0, 0.1) is 12.8 Å². The first-order chi connectivity index (χ1) is 7.24. The van der Waals surface area contributed by atoms with E-state index in [0.29, 0.717) is 0 Å². The van der Waals surface area contributed by atoms with Crippen LogP contribution < -0.4 is 5.32 Å². The van der Waals surface area contributed by atoms with E-state index in [0.717, 1.165) is 13.1 Å². The van der Waals surface area contributed by atoms with Gasteiger partial charge in [0.05, 0.1) is 13.0 Å². The van der Waals surface area contributed by atoms with Gasteiger partial charge in [-0.15, -0.1) is 11.3 Å². The number of esters is 1. The van der Waals surface area contributed by atoms with Gasteiger partial charge in [-0.2, -0.15) is 0 Å². The highest BCUT2D eigenvalue weighted by Crippen LogP contribution is 2.34. The zero-order valence-electron chi connectivity index (χ0n) is 8.95. The number of carbonyl (C=O) groups is 1. The number of hydrogen-bond acceptors (Lipinski definition) is 4. The van der Waals surface area contributed by atoms with Crippen molar-refractivity contribution in [3.63, 3.8) is 0 Å². The van der Waals surface area contributed by atoms with Gasteiger partial charge in [-0.3, -0.25) is 4.79 Å². The summed E-state index contributed by atoms with van der Waals surface area (Å²) in [5, 5.41) is 5.34. The van der Waals surface area contributed by atoms with Crippen molar-refractivity contribution in [1.29, 1.82) is 0 Å². The molecule has 0 bridgehead atoms. The standard InChI is InChI=1S/C11H15NO2S/c1-7-3-4-15-10(7)8-5-12-6-9(8)11(13)14-2/h3-4,8-9,12H,5-6H2,1-2H3/t8-,9+/m1/s1. The molecule has 15 heavy (non-hydrogen) atoms. The van der Waals surface area contributed by atoms with Crippen molar-refractivity contribution in [2.24, 2.45) is 5.92 Å². The van der Waals surface area contributed by atoms with E-state index in [4.69, 9.17) is 4.74 Å². The Hall–Kier alpha value is -0.870. The molecule has 1 aliphatic heterocycles. The van der Waals surface area contributed by atoms with Crippen LogP contribution >= 0.6 is 11.3 Å². The van der Waals surface area contributed by atoms with Gasteiger partial charge in [0.2, 0.25) is 0 Å². The minimum absolute atomic E-state index is 0.0210. The predicted molar refractivity (Wildman–Crippen MR) is 60.2 cm³/mol. The van der Waals surface area contributed by atoms with Gasteiger partial charge in [0, 0.05) is 23.9 Å². The van der Waals surface area contributed by atoms with Crippen LogP contribution in [0.25, 0.3) is 0 Å². The molecular weight excluding hydrogens is 210 g/mol. The first kappa shape index (κ1) is 10.6. The van der Waals surface area contributed by atoms with E-state index < -0.39 is 0 Å². The summed E-state index contributed by atoms with van der Waals surface area (Å²) in [5.41, 5.74) is 1.28. The third-order valence-corrected chi connectivity index (χ3v) is 4.11. The minimum Gasteiger partial charge on any atom is -0.469 e. The lowest BCUT2D eigenvalue weighted by atomic mass is 9.93. The van der Waals surface area contributed by atoms with Crippen LogP contribution in [0.5, 0.6) is 0 Å². The Morgan fingerprint density at radius 3 is 3.00 bits per heavy atom. The highest BCUT2D eigenvalue weighted by molar-refractivity contribution is 7.10. The fraction of sp³-hybridized carbons (Fsp3) is 0.545. The summed E-state index contributed by atoms with van der Waals surface area (Å²) in [6, 6.07) is 2.10. The Morgan fingerprint density at radius 2 is 2.40 bits per heavy atom. The van der Waals surface area contributed by atoms with Crippen molar-refractivity contribution in [3.8, 4) is 0 Å². The Bertz CT molecular complexity index is 361. The molecule has 1 aromatic rings. The van der Waals surface area contributed by atoms with E-state index in [-0.39, 0.29) is 17.8 Å². The van der Waals surface area contributed by atoms with Crippen molar-refractivity contribution >= 4 is 17.3 Å². The number of methoxy groups -OCH3 is 1. The number of aryl methyl sites for hydroxylation is 1. The Kier molecular flexibility index (Phi) is 3.07. The molecule has 0 unspecified atom stereocenters. The molecule has 1 N–H and O–H groups in total. The molecule has 2 rings (SSSR count). The van der Waals surface area contributed by atoms with Crippen LogP contribution in [-0.4, -0.2) is 26.2 Å². The van der Waals surface area contributed by atoms with E-state index in [1.165, 1.54) is 17.6 Å². The second-order valence-corrected chi connectivity index (χ2v) is 4.81. The molecule has 1 saturated heterocycles. The maximum atomic E-state index is 11.6. The smallest absolute Gasteiger partial charge is 0.310 e. The summed E-state index contributed by atoms with van der Waals surface area (Å²) in [5.74, 6) is 0.169. The quantitative estimate of drug-likeness (QED) is 0.776. The molecule has 82 valence electrons. The van der Waals surface area contributed by atoms with E-state index in [2.05, 4.69) is 23.7 Å². The molecule has 0 aromatic carbocycles. The number of ether oxygens (including phenoxy) is 1. The lowest BCUT2D eigenvalue weighted by Crippen LogP contribution is -2.22. The Morgan fingerprint density at radius 1 is 1.60 bits per heavy atom. The summed E-state index contributed by atoms with van der Waals surface area (Å²) < 4.78 is 4.83. The third kappa shape index (κ3) is 1.92. The average Bonchev–Trinajstić information content (AvgIpc) is 2.84. The van der Waals surface area contributed by atoms with Gasteiger partial charge >= 0.3 is 5.97 Å². The SMILES string of the molecule is COC(=O)[C@H]1CNC[C@H]1c1sccc1C. The Balaban J connectivity index is 2.22. The third-order valence-electron chi connectivity index (χ3n) is 2.96. The van der Waals surface area contributed by atoms with Crippen molar-refractivity contribution in [1.82, 2.24) is 5.32 Å². The molecule has 2 heterocycles. The van der Waals surface area contributed by atoms with E-state index in [1.54, 1.807) is 11.3 Å². The fourth-order valence-corrected chi connectivity index (χ4v) is 3.21. The maximum absolute atomic E-state index is 11.6. The fourth-order valence-electron chi connectivity index (χ4n) is 2.12. The summed E-state index contributed by atoms with van der Waals surface area (Å²) in [4.78, 5) is 12.9. The highest BCUT2D eigenvalue weighted by atomic mass is 32.1. The maximum Gasteiger partial charge on any atom is 0.310 e. The van der Waals surface area contributed by atoms with E-state index in [9.17, 15) is 4.79 Å². The molecule has 2 atom stereocenters. The van der Waals surface area contributed by atoms with Crippen LogP contribution in [0.3, 0.4) is 0 Å². The van der Waals surface area contributed by atoms with Gasteiger partial charge in [-0.05, 0) is 23.9 Å². The van der Waals surface area contributed by atoms with Gasteiger partial charge in [-0.25, -0.2) is 0 Å². The van der Waals surface area contributed by atoms with Gasteiger partial charge < -0.3 is 10.1 Å². The van der Waals surface area contributed by atoms with Gasteiger partial charge in [0.15, 0.2) is 0 Å². The minimum atomic E-state index is -0.0993. The first-order valence-corrected chi connectivity index (χ1v) is 5.94. The predicted octanol–water partition coefficient (Wildman–Crippen LogP) is 1.53. The summed E-state index contributed by atoms with van der Waals surface area (Å²) in [6.07, 6.45) is 0. The first-order valence-electron chi connectivity index (χ1n) is 5.06. The lowest BCUT2D eigenvalue weighted by Gasteiger charge is -2.15. The average molecular weight is 225 g/mol. The van der Waals surface area contributed by atoms with Crippen molar-refractivity contribution in [2.45, 2.75) is 12.8 Å². The second-order valence-electron chi connectivity index (χ2n) is 3.86. The molecule has 4 heteroatoms. The van der Waals surface area contributed by atoms with Gasteiger partial charge in [-0.1, -0.05) is 0 Å². The van der Waals surface area contributed by atoms with Crippen molar-refractivity contribution < 1.29 is 9.53 Å². The van der Waals surface area contributed by atoms with Crippen LogP contribution in [0.15, 0.2) is 11.4 Å². The lowest BCUT2D eigenvalue weighted by molar-refractivity contribution is -0.145. The summed E-state index contributed by atoms with van der Waals surface area (Å²) >= 11 is 1.73. The molecule has 1 aromatic heterocycles. The molecule has 0 amide bonds. The molecule has 3 nitrogen and oxygen atoms in total. The van der Waals surface area contributed by atoms with Gasteiger partial charge in [0.25, 0.3) is 0 Å². The van der Waals surface area contributed by atoms with E-state index in [1.807, 2.05) is 0 Å². The molecule has 1 fully saturated rings. The second kappa shape index (κ2) is 4.33. The van der Waals surface area contributed by atoms with Crippen LogP contribution in [-0.2, 0) is 9.53 Å². The summed E-state index contributed by atoms with van der Waals surface area (Å²) in [6.45, 7) is 3.70. The van der Waals surface area contributed by atoms with Crippen molar-refractivity contribution in [2.75, 3.05) is 20.2 Å². The molecule has 0 spiro atoms. The number of thiophene rings is 1. The molecule has 0 radical (unpaired) electrons. The van der Waals surface area contributed by atoms with Crippen molar-refractivity contribution in [3.05, 3.63) is 21.9 Å². The number of nitrogens with one attached hydrogen (secondary N) is 1. The molecular formula is C11H15NO2S. The van der Waals surface area contributed by atoms with Crippen LogP contribution in [0.2, 0.25) is 0 Å². The molecule has 1 aliphatic rings. The van der Waals surface area contributed by atoms with E-state index >= 15 is 0 Å². The molecule has 0 aliphatic carbocycles. The zero-order valence-corrected chi connectivity index (χ0v) is 9.76. The van der Waals surface area contributed by atoms with Gasteiger partial charge in [0.1, 0.15) is 0 Å². The molecule has 0 saturated carbocycles. The topological polar surface area (TPSA) is 38.3 Å². The number of carbonyl (C=O) groups excluding carboxylic acids is 1. The Labute approximate surface area is 93.4 Å².